The van der Waals surface area contributed by atoms with Gasteiger partial charge in [0.25, 0.3) is 0 Å². The Kier molecular flexibility index (Phi) is 5.22. The number of hydrogen-bond acceptors (Lipinski definition) is 3. The van der Waals surface area contributed by atoms with E-state index in [0.29, 0.717) is 12.1 Å². The van der Waals surface area contributed by atoms with Crippen molar-refractivity contribution in [1.82, 2.24) is 10.2 Å². The second kappa shape index (κ2) is 5.99. The fraction of sp³-hybridized carbons (Fsp3) is 1.00. The number of aliphatic hydroxyl groups excluding tert-OH is 1. The van der Waals surface area contributed by atoms with Crippen LogP contribution in [0.2, 0.25) is 0 Å². The number of likely N-dealkylation sites (N-methyl/N-ethyl adjacent to an activating group) is 1. The van der Waals surface area contributed by atoms with Crippen molar-refractivity contribution < 1.29 is 5.11 Å². The minimum atomic E-state index is -0.0122. The van der Waals surface area contributed by atoms with Gasteiger partial charge in [0.15, 0.2) is 0 Å². The highest BCUT2D eigenvalue weighted by molar-refractivity contribution is 4.99. The van der Waals surface area contributed by atoms with E-state index in [9.17, 15) is 5.11 Å². The third kappa shape index (κ3) is 2.96. The van der Waals surface area contributed by atoms with Crippen molar-refractivity contribution in [2.45, 2.75) is 64.6 Å². The molecule has 0 aromatic heterocycles. The molecule has 0 aromatic carbocycles. The zero-order valence-corrected chi connectivity index (χ0v) is 11.3. The Morgan fingerprint density at radius 1 is 1.44 bits per heavy atom. The maximum Gasteiger partial charge on any atom is 0.0613 e. The summed E-state index contributed by atoms with van der Waals surface area (Å²) in [5, 5.41) is 13.1. The zero-order valence-electron chi connectivity index (χ0n) is 11.3. The molecule has 3 heteroatoms. The lowest BCUT2D eigenvalue weighted by atomic mass is 9.98. The minimum absolute atomic E-state index is 0.0122. The molecule has 1 fully saturated rings. The molecular formula is C13H28N2O. The number of nitrogens with one attached hydrogen (secondary N) is 1. The van der Waals surface area contributed by atoms with Crippen molar-refractivity contribution in [3.05, 3.63) is 0 Å². The summed E-state index contributed by atoms with van der Waals surface area (Å²) in [6, 6.07) is 1.24. The average molecular weight is 228 g/mol. The summed E-state index contributed by atoms with van der Waals surface area (Å²) in [5.74, 6) is 0. The molecule has 0 radical (unpaired) electrons. The van der Waals surface area contributed by atoms with Gasteiger partial charge in [0, 0.05) is 17.6 Å². The highest BCUT2D eigenvalue weighted by atomic mass is 16.3. The molecule has 0 heterocycles. The van der Waals surface area contributed by atoms with Crippen LogP contribution >= 0.6 is 0 Å². The van der Waals surface area contributed by atoms with E-state index in [2.05, 4.69) is 37.9 Å². The van der Waals surface area contributed by atoms with Gasteiger partial charge in [-0.25, -0.2) is 0 Å². The lowest BCUT2D eigenvalue weighted by Gasteiger charge is -2.34. The molecule has 96 valence electrons. The van der Waals surface area contributed by atoms with Crippen molar-refractivity contribution in [1.29, 1.82) is 0 Å². The highest BCUT2D eigenvalue weighted by Crippen LogP contribution is 2.33. The smallest absolute Gasteiger partial charge is 0.0613 e. The molecule has 2 atom stereocenters. The van der Waals surface area contributed by atoms with Gasteiger partial charge in [0.2, 0.25) is 0 Å². The molecule has 0 bridgehead atoms. The monoisotopic (exact) mass is 228 g/mol. The Hall–Kier alpha value is -0.120. The van der Waals surface area contributed by atoms with Crippen molar-refractivity contribution in [2.75, 3.05) is 19.7 Å². The third-order valence-electron chi connectivity index (χ3n) is 3.93. The van der Waals surface area contributed by atoms with Crippen LogP contribution in [0.25, 0.3) is 0 Å². The Morgan fingerprint density at radius 2 is 2.12 bits per heavy atom. The van der Waals surface area contributed by atoms with Crippen LogP contribution in [0.1, 0.15) is 47.0 Å². The van der Waals surface area contributed by atoms with Crippen LogP contribution in [0.3, 0.4) is 0 Å². The van der Waals surface area contributed by atoms with Gasteiger partial charge in [0.1, 0.15) is 0 Å². The first-order chi connectivity index (χ1) is 7.58. The Labute approximate surface area is 100 Å². The second-order valence-corrected chi connectivity index (χ2v) is 5.29. The summed E-state index contributed by atoms with van der Waals surface area (Å²) >= 11 is 0. The van der Waals surface area contributed by atoms with Gasteiger partial charge in [-0.1, -0.05) is 13.8 Å². The molecule has 0 saturated heterocycles. The van der Waals surface area contributed by atoms with Crippen LogP contribution in [0.15, 0.2) is 0 Å². The van der Waals surface area contributed by atoms with E-state index in [1.165, 1.54) is 6.42 Å². The van der Waals surface area contributed by atoms with Crippen molar-refractivity contribution >= 4 is 0 Å². The molecule has 16 heavy (non-hydrogen) atoms. The largest absolute Gasteiger partial charge is 0.394 e. The van der Waals surface area contributed by atoms with Crippen LogP contribution in [0, 0.1) is 0 Å². The summed E-state index contributed by atoms with van der Waals surface area (Å²) in [7, 11) is 0. The Balaban J connectivity index is 2.61. The fourth-order valence-corrected chi connectivity index (χ4v) is 3.16. The molecule has 1 saturated carbocycles. The third-order valence-corrected chi connectivity index (χ3v) is 3.93. The molecule has 1 aliphatic carbocycles. The topological polar surface area (TPSA) is 35.5 Å². The van der Waals surface area contributed by atoms with Gasteiger partial charge in [-0.3, -0.25) is 4.90 Å². The van der Waals surface area contributed by atoms with Crippen LogP contribution in [-0.2, 0) is 0 Å². The van der Waals surface area contributed by atoms with Gasteiger partial charge < -0.3 is 10.4 Å². The predicted octanol–water partition coefficient (Wildman–Crippen LogP) is 1.61. The molecule has 0 spiro atoms. The first-order valence-corrected chi connectivity index (χ1v) is 6.70. The van der Waals surface area contributed by atoms with Gasteiger partial charge in [-0.15, -0.1) is 0 Å². The predicted molar refractivity (Wildman–Crippen MR) is 68.6 cm³/mol. The first kappa shape index (κ1) is 13.9. The van der Waals surface area contributed by atoms with Gasteiger partial charge in [0.05, 0.1) is 6.61 Å². The van der Waals surface area contributed by atoms with Crippen LogP contribution in [0.5, 0.6) is 0 Å². The molecule has 1 aliphatic rings. The summed E-state index contributed by atoms with van der Waals surface area (Å²) in [4.78, 5) is 2.55. The molecule has 2 unspecified atom stereocenters. The normalized spacial score (nSPS) is 30.6. The average Bonchev–Trinajstić information content (AvgIpc) is 2.64. The van der Waals surface area contributed by atoms with E-state index in [1.54, 1.807) is 0 Å². The zero-order chi connectivity index (χ0) is 12.2. The summed E-state index contributed by atoms with van der Waals surface area (Å²) in [6.07, 6.45) is 3.40. The van der Waals surface area contributed by atoms with Gasteiger partial charge in [-0.2, -0.15) is 0 Å². The summed E-state index contributed by atoms with van der Waals surface area (Å²) in [5.41, 5.74) is -0.0122. The van der Waals surface area contributed by atoms with Crippen LogP contribution < -0.4 is 5.32 Å². The van der Waals surface area contributed by atoms with Crippen molar-refractivity contribution in [2.24, 2.45) is 0 Å². The van der Waals surface area contributed by atoms with Crippen LogP contribution in [0.4, 0.5) is 0 Å². The molecule has 0 aromatic rings. The summed E-state index contributed by atoms with van der Waals surface area (Å²) < 4.78 is 0. The maximum atomic E-state index is 9.58. The molecular weight excluding hydrogens is 200 g/mol. The standard InChI is InChI=1S/C13H28N2O/c1-5-14-13(10-16)8-7-12(9-13)15(6-2)11(3)4/h11-12,14,16H,5-10H2,1-4H3. The number of rotatable bonds is 6. The first-order valence-electron chi connectivity index (χ1n) is 6.70. The van der Waals surface area contributed by atoms with Crippen LogP contribution in [-0.4, -0.2) is 47.3 Å². The minimum Gasteiger partial charge on any atom is -0.394 e. The molecule has 1 rings (SSSR count). The van der Waals surface area contributed by atoms with E-state index >= 15 is 0 Å². The number of hydrogen-bond donors (Lipinski definition) is 2. The quantitative estimate of drug-likeness (QED) is 0.725. The molecule has 0 aliphatic heterocycles. The van der Waals surface area contributed by atoms with E-state index < -0.39 is 0 Å². The van der Waals surface area contributed by atoms with E-state index in [1.807, 2.05) is 0 Å². The van der Waals surface area contributed by atoms with Crippen molar-refractivity contribution in [3.63, 3.8) is 0 Å². The maximum absolute atomic E-state index is 9.58. The number of nitrogens with zero attached hydrogens (tertiary/aromatic N) is 1. The molecule has 0 amide bonds. The van der Waals surface area contributed by atoms with E-state index in [-0.39, 0.29) is 12.1 Å². The fourth-order valence-electron chi connectivity index (χ4n) is 3.16. The summed E-state index contributed by atoms with van der Waals surface area (Å²) in [6.45, 7) is 11.2. The number of aliphatic hydroxyl groups is 1. The van der Waals surface area contributed by atoms with E-state index in [4.69, 9.17) is 0 Å². The van der Waals surface area contributed by atoms with Gasteiger partial charge in [-0.05, 0) is 46.2 Å². The Bertz CT molecular complexity index is 208. The lowest BCUT2D eigenvalue weighted by molar-refractivity contribution is 0.130. The second-order valence-electron chi connectivity index (χ2n) is 5.29. The SMILES string of the molecule is CCNC1(CO)CCC(N(CC)C(C)C)C1. The Morgan fingerprint density at radius 3 is 2.56 bits per heavy atom. The van der Waals surface area contributed by atoms with Crippen molar-refractivity contribution in [3.8, 4) is 0 Å². The lowest BCUT2D eigenvalue weighted by Crippen LogP contribution is -2.48. The van der Waals surface area contributed by atoms with Gasteiger partial charge >= 0.3 is 0 Å². The highest BCUT2D eigenvalue weighted by Gasteiger charge is 2.40. The molecule has 3 nitrogen and oxygen atoms in total. The molecule has 2 N–H and O–H groups in total. The van der Waals surface area contributed by atoms with E-state index in [0.717, 1.165) is 25.9 Å².